The molecule has 0 spiro atoms. The normalized spacial score (nSPS) is 19.4. The van der Waals surface area contributed by atoms with E-state index in [4.69, 9.17) is 31.7 Å². The number of para-hydroxylation sites is 3. The number of fused-ring (bicyclic) bond motifs is 15. The average Bonchev–Trinajstić information content (AvgIpc) is 1.63. The van der Waals surface area contributed by atoms with Crippen molar-refractivity contribution in [3.63, 3.8) is 0 Å². The molecule has 0 saturated carbocycles. The van der Waals surface area contributed by atoms with E-state index in [1.54, 1.807) is 18.6 Å². The van der Waals surface area contributed by atoms with Crippen LogP contribution in [0.3, 0.4) is 0 Å². The Morgan fingerprint density at radius 2 is 0.609 bits per heavy atom. The first-order chi connectivity index (χ1) is 55.7. The Morgan fingerprint density at radius 1 is 0.300 bits per heavy atom. The number of aryl methyl sites for hydroxylation is 8. The van der Waals surface area contributed by atoms with Crippen LogP contribution in [-0.2, 0) is 0 Å². The van der Waals surface area contributed by atoms with Crippen molar-refractivity contribution < 1.29 is 31.7 Å². The highest BCUT2D eigenvalue weighted by atomic mass is 16.4. The Kier molecular flexibility index (Phi) is 16.5. The Balaban J connectivity index is 0.000000110. The zero-order chi connectivity index (χ0) is 82.9. The third-order valence-corrected chi connectivity index (χ3v) is 22.4. The van der Waals surface area contributed by atoms with Crippen LogP contribution < -0.4 is 24.5 Å². The number of furan rings is 5. The quantitative estimate of drug-likeness (QED) is 0.157. The van der Waals surface area contributed by atoms with E-state index < -0.39 is 20.0 Å². The van der Waals surface area contributed by atoms with E-state index in [9.17, 15) is 0 Å². The summed E-state index contributed by atoms with van der Waals surface area (Å²) in [6.45, 7) is 26.1. The molecular weight excluding hydrogens is 1370 g/mol. The summed E-state index contributed by atoms with van der Waals surface area (Å²) in [5.41, 5.74) is 22.3. The molecule has 0 bridgehead atoms. The van der Waals surface area contributed by atoms with Crippen LogP contribution in [0.4, 0.5) is 28.4 Å². The maximum absolute atomic E-state index is 8.34. The number of anilines is 5. The summed E-state index contributed by atoms with van der Waals surface area (Å²) in [4.78, 5) is 28.9. The number of hydrogen-bond donors (Lipinski definition) is 0. The SMILES string of the molecule is Cc1ccc2c(n1)oc1c(N3C=CN(C)[C@@H]3C)c(C)ccc12.Cc1ccc2c(oc3c(C)cccc32)c1N1C=CN(C)[C@@H]1C.[2H]C(C)(C)N1C=CN(c2c(C)ccc3c2oc2ccccc23)[C@H]1C.[2H]C([2H])([2H])N1C=CN(c2c(C)ccc3c2oc2ccccc23)[C@H]1C.[2H]C([2H])([2H])N1C=CN(c2c(C)ccc3c2oc2nc(C)ccc23)[C@H]1C. The minimum Gasteiger partial charge on any atom is -0.454 e. The van der Waals surface area contributed by atoms with Gasteiger partial charge in [-0.3, -0.25) is 0 Å². The van der Waals surface area contributed by atoms with Crippen LogP contribution in [0.5, 0.6) is 0 Å². The lowest BCUT2D eigenvalue weighted by molar-refractivity contribution is 0.263. The first-order valence-corrected chi connectivity index (χ1v) is 37.6. The fourth-order valence-corrected chi connectivity index (χ4v) is 15.9. The van der Waals surface area contributed by atoms with Gasteiger partial charge in [0.2, 0.25) is 11.4 Å². The van der Waals surface area contributed by atoms with Crippen LogP contribution in [0.25, 0.3) is 110 Å². The molecular formula is C93H98N12O5. The lowest BCUT2D eigenvalue weighted by Gasteiger charge is -2.33. The summed E-state index contributed by atoms with van der Waals surface area (Å²) < 4.78 is 85.3. The minimum absolute atomic E-state index is 0.0648. The van der Waals surface area contributed by atoms with Crippen molar-refractivity contribution in [1.82, 2.24) is 34.5 Å². The Bertz CT molecular complexity index is 6400. The number of nitrogens with zero attached hydrogens (tertiary/aromatic N) is 12. The molecule has 17 nitrogen and oxygen atoms in total. The smallest absolute Gasteiger partial charge is 0.227 e. The van der Waals surface area contributed by atoms with Crippen molar-refractivity contribution in [1.29, 1.82) is 0 Å². The van der Waals surface area contributed by atoms with Crippen LogP contribution >= 0.6 is 0 Å². The molecule has 15 aromatic rings. The molecule has 20 rings (SSSR count). The predicted octanol–water partition coefficient (Wildman–Crippen LogP) is 22.8. The predicted molar refractivity (Wildman–Crippen MR) is 456 cm³/mol. The summed E-state index contributed by atoms with van der Waals surface area (Å²) >= 11 is 0. The molecule has 0 N–H and O–H groups in total. The first-order valence-electron chi connectivity index (χ1n) is 41.1. The van der Waals surface area contributed by atoms with E-state index in [-0.39, 0.29) is 24.7 Å². The molecule has 560 valence electrons. The monoisotopic (exact) mass is 1470 g/mol. The molecule has 0 amide bonds. The van der Waals surface area contributed by atoms with Crippen molar-refractivity contribution in [2.75, 3.05) is 52.5 Å². The molecule has 110 heavy (non-hydrogen) atoms. The van der Waals surface area contributed by atoms with Crippen molar-refractivity contribution in [3.05, 3.63) is 258 Å². The van der Waals surface area contributed by atoms with Crippen molar-refractivity contribution in [2.24, 2.45) is 0 Å². The molecule has 17 heteroatoms. The standard InChI is InChI=1S/C20H22N2O.C19H20N2O.2C18H19N3O.C18H18N2O/c1-13(2)21-11-12-22(15(21)4)19-14(3)9-10-17-16-7-5-6-8-18(16)23-20(17)19;1-12-8-9-16-15-7-5-6-13(2)18(15)22-19(16)17(12)21-11-10-20(4)14(21)3;2*1-11-5-7-14-15-8-6-12(2)19-18(15)22-17(14)16(11)21-10-9-20(4)13(21)3;1-12-8-9-15-14-6-4-5-7-16(14)21-18(15)17(12)20-11-10-19(3)13(20)2/h5-13,15H,1-4H3;5-11,14H,1-4H3;2*5-10,13H,1-4H3;4-11,13H,1-3H3/t15-;14-;3*13-/m00000/s1/i13D;;4D3;;3D3. The van der Waals surface area contributed by atoms with Gasteiger partial charge >= 0.3 is 0 Å². The maximum atomic E-state index is 8.34. The summed E-state index contributed by atoms with van der Waals surface area (Å²) in [7, 11) is 4.18. The van der Waals surface area contributed by atoms with Gasteiger partial charge in [0.05, 0.1) is 29.8 Å². The van der Waals surface area contributed by atoms with Gasteiger partial charge in [-0.25, -0.2) is 9.97 Å². The van der Waals surface area contributed by atoms with Crippen LogP contribution in [0.2, 0.25) is 0 Å². The molecule has 0 radical (unpaired) electrons. The van der Waals surface area contributed by atoms with E-state index >= 15 is 0 Å². The Morgan fingerprint density at radius 3 is 0.973 bits per heavy atom. The van der Waals surface area contributed by atoms with Gasteiger partial charge in [-0.2, -0.15) is 0 Å². The summed E-state index contributed by atoms with van der Waals surface area (Å²) in [5.74, 6) is 0. The fraction of sp³-hybridized carbons (Fsp3) is 0.269. The van der Waals surface area contributed by atoms with E-state index in [1.165, 1.54) is 48.5 Å². The molecule has 0 aliphatic carbocycles. The van der Waals surface area contributed by atoms with Crippen molar-refractivity contribution in [3.8, 4) is 0 Å². The molecule has 5 aliphatic heterocycles. The first kappa shape index (κ1) is 63.8. The van der Waals surface area contributed by atoms with Crippen LogP contribution in [0, 0.1) is 55.4 Å². The Hall–Kier alpha value is -12.2. The molecule has 8 aromatic carbocycles. The van der Waals surface area contributed by atoms with E-state index in [0.717, 1.165) is 133 Å². The topological polar surface area (TPSA) is 124 Å². The summed E-state index contributed by atoms with van der Waals surface area (Å²) in [6.07, 6.45) is 19.3. The van der Waals surface area contributed by atoms with Crippen molar-refractivity contribution in [2.45, 2.75) is 141 Å². The number of pyridine rings is 2. The number of benzene rings is 8. The molecule has 0 saturated heterocycles. The van der Waals surface area contributed by atoms with Gasteiger partial charge in [0, 0.05) is 170 Å². The van der Waals surface area contributed by atoms with Crippen molar-refractivity contribution >= 4 is 138 Å². The number of hydrogen-bond acceptors (Lipinski definition) is 17. The van der Waals surface area contributed by atoms with Crippen LogP contribution in [0.1, 0.15) is 103 Å². The highest BCUT2D eigenvalue weighted by Gasteiger charge is 2.33. The largest absolute Gasteiger partial charge is 0.454 e. The van der Waals surface area contributed by atoms with Gasteiger partial charge in [-0.1, -0.05) is 115 Å². The van der Waals surface area contributed by atoms with Crippen LogP contribution in [-0.4, -0.2) is 99.4 Å². The molecule has 5 aliphatic rings. The molecule has 0 fully saturated rings. The second kappa shape index (κ2) is 28.4. The second-order valence-corrected chi connectivity index (χ2v) is 29.8. The molecule has 0 unspecified atom stereocenters. The maximum Gasteiger partial charge on any atom is 0.227 e. The number of rotatable bonds is 6. The highest BCUT2D eigenvalue weighted by Crippen LogP contribution is 2.46. The third-order valence-electron chi connectivity index (χ3n) is 22.4. The number of aromatic nitrogens is 2. The van der Waals surface area contributed by atoms with E-state index in [1.807, 2.05) is 155 Å². The second-order valence-electron chi connectivity index (χ2n) is 29.8. The van der Waals surface area contributed by atoms with Gasteiger partial charge in [-0.05, 0) is 174 Å². The van der Waals surface area contributed by atoms with Gasteiger partial charge in [0.1, 0.15) is 47.6 Å². The lowest BCUT2D eigenvalue weighted by atomic mass is 10.1. The van der Waals surface area contributed by atoms with Gasteiger partial charge in [0.15, 0.2) is 27.9 Å². The van der Waals surface area contributed by atoms with E-state index in [0.29, 0.717) is 17.6 Å². The lowest BCUT2D eigenvalue weighted by Crippen LogP contribution is -2.39. The zero-order valence-electron chi connectivity index (χ0n) is 72.5. The Labute approximate surface area is 653 Å². The summed E-state index contributed by atoms with van der Waals surface area (Å²) in [6, 6.07) is 51.0. The van der Waals surface area contributed by atoms with Gasteiger partial charge in [0.25, 0.3) is 0 Å². The minimum atomic E-state index is -2.18. The van der Waals surface area contributed by atoms with E-state index in [2.05, 4.69) is 207 Å². The third kappa shape index (κ3) is 12.4. The van der Waals surface area contributed by atoms with Gasteiger partial charge in [-0.15, -0.1) is 0 Å². The van der Waals surface area contributed by atoms with Crippen LogP contribution in [0.15, 0.2) is 236 Å². The molecule has 7 aromatic heterocycles. The van der Waals surface area contributed by atoms with Gasteiger partial charge < -0.3 is 71.1 Å². The molecule has 12 heterocycles. The molecule has 5 atom stereocenters. The summed E-state index contributed by atoms with van der Waals surface area (Å²) in [5, 5.41) is 10.9. The fourth-order valence-electron chi connectivity index (χ4n) is 15.9. The zero-order valence-corrected chi connectivity index (χ0v) is 65.5. The average molecular weight is 1470 g/mol. The highest BCUT2D eigenvalue weighted by molar-refractivity contribution is 6.14.